The second-order valence-corrected chi connectivity index (χ2v) is 5.64. The first-order chi connectivity index (χ1) is 8.50. The molecule has 0 atom stereocenters. The van der Waals surface area contributed by atoms with Gasteiger partial charge in [0.1, 0.15) is 6.54 Å². The van der Waals surface area contributed by atoms with Gasteiger partial charge in [0.15, 0.2) is 5.75 Å². The van der Waals surface area contributed by atoms with E-state index in [9.17, 15) is 26.7 Å². The number of benzene rings is 1. The van der Waals surface area contributed by atoms with E-state index in [1.807, 2.05) is 0 Å². The lowest BCUT2D eigenvalue weighted by molar-refractivity contribution is -0.121. The SMILES string of the molecule is O=S(=O)(NCC(F)(F)F)Nc1cc(Cl)c(O)c(Cl)c1. The van der Waals surface area contributed by atoms with Gasteiger partial charge in [-0.1, -0.05) is 23.2 Å². The van der Waals surface area contributed by atoms with E-state index >= 15 is 0 Å². The van der Waals surface area contributed by atoms with E-state index in [4.69, 9.17) is 23.2 Å². The molecule has 0 aliphatic heterocycles. The third-order valence-electron chi connectivity index (χ3n) is 1.73. The maximum atomic E-state index is 11.9. The molecule has 1 aromatic carbocycles. The van der Waals surface area contributed by atoms with Gasteiger partial charge in [0.05, 0.1) is 15.7 Å². The van der Waals surface area contributed by atoms with Gasteiger partial charge in [-0.25, -0.2) is 0 Å². The first-order valence-corrected chi connectivity index (χ1v) is 6.76. The highest BCUT2D eigenvalue weighted by Gasteiger charge is 2.29. The number of anilines is 1. The molecule has 1 rings (SSSR count). The molecule has 0 fully saturated rings. The average Bonchev–Trinajstić information content (AvgIpc) is 2.22. The van der Waals surface area contributed by atoms with Crippen molar-refractivity contribution < 1.29 is 26.7 Å². The summed E-state index contributed by atoms with van der Waals surface area (Å²) in [7, 11) is -4.43. The second-order valence-electron chi connectivity index (χ2n) is 3.33. The van der Waals surface area contributed by atoms with E-state index in [2.05, 4.69) is 0 Å². The average molecular weight is 339 g/mol. The van der Waals surface area contributed by atoms with Crippen molar-refractivity contribution in [2.24, 2.45) is 0 Å². The molecule has 0 bridgehead atoms. The fourth-order valence-corrected chi connectivity index (χ4v) is 2.33. The van der Waals surface area contributed by atoms with Gasteiger partial charge in [-0.2, -0.15) is 26.3 Å². The molecular formula is C8H7Cl2F3N2O3S. The zero-order chi connectivity index (χ0) is 14.8. The summed E-state index contributed by atoms with van der Waals surface area (Å²) >= 11 is 11.1. The highest BCUT2D eigenvalue weighted by Crippen LogP contribution is 2.34. The Balaban J connectivity index is 2.84. The van der Waals surface area contributed by atoms with Crippen LogP contribution in [0.1, 0.15) is 0 Å². The van der Waals surface area contributed by atoms with Crippen molar-refractivity contribution in [1.29, 1.82) is 0 Å². The minimum absolute atomic E-state index is 0.192. The summed E-state index contributed by atoms with van der Waals surface area (Å²) in [6.07, 6.45) is -4.68. The van der Waals surface area contributed by atoms with E-state index in [0.29, 0.717) is 0 Å². The Labute approximate surface area is 116 Å². The van der Waals surface area contributed by atoms with E-state index in [1.165, 1.54) is 4.72 Å². The maximum absolute atomic E-state index is 11.9. The molecule has 0 aliphatic rings. The van der Waals surface area contributed by atoms with Gasteiger partial charge in [-0.15, -0.1) is 0 Å². The normalized spacial score (nSPS) is 12.5. The lowest BCUT2D eigenvalue weighted by atomic mass is 10.3. The number of halogens is 5. The quantitative estimate of drug-likeness (QED) is 0.738. The van der Waals surface area contributed by atoms with Gasteiger partial charge in [-0.05, 0) is 12.1 Å². The monoisotopic (exact) mass is 338 g/mol. The zero-order valence-corrected chi connectivity index (χ0v) is 11.3. The Hall–Kier alpha value is -0.900. The molecule has 0 amide bonds. The topological polar surface area (TPSA) is 78.4 Å². The number of alkyl halides is 3. The molecule has 3 N–H and O–H groups in total. The Morgan fingerprint density at radius 3 is 2.11 bits per heavy atom. The van der Waals surface area contributed by atoms with Crippen LogP contribution in [0, 0.1) is 0 Å². The van der Waals surface area contributed by atoms with Gasteiger partial charge in [0.2, 0.25) is 0 Å². The summed E-state index contributed by atoms with van der Waals surface area (Å²) in [6, 6.07) is 1.99. The molecule has 0 spiro atoms. The minimum atomic E-state index is -4.68. The van der Waals surface area contributed by atoms with Gasteiger partial charge < -0.3 is 5.11 Å². The molecule has 0 aliphatic carbocycles. The van der Waals surface area contributed by atoms with Crippen LogP contribution in [-0.2, 0) is 10.2 Å². The van der Waals surface area contributed by atoms with Crippen LogP contribution in [0.3, 0.4) is 0 Å². The van der Waals surface area contributed by atoms with Crippen LogP contribution in [0.5, 0.6) is 5.75 Å². The predicted molar refractivity (Wildman–Crippen MR) is 64.7 cm³/mol. The molecule has 0 radical (unpaired) electrons. The van der Waals surface area contributed by atoms with Crippen LogP contribution >= 0.6 is 23.2 Å². The van der Waals surface area contributed by atoms with Crippen LogP contribution in [0.25, 0.3) is 0 Å². The van der Waals surface area contributed by atoms with Crippen molar-refractivity contribution in [2.75, 3.05) is 11.3 Å². The van der Waals surface area contributed by atoms with Gasteiger partial charge in [0, 0.05) is 0 Å². The predicted octanol–water partition coefficient (Wildman–Crippen LogP) is 2.51. The van der Waals surface area contributed by atoms with Crippen LogP contribution in [-0.4, -0.2) is 26.2 Å². The lowest BCUT2D eigenvalue weighted by Gasteiger charge is -2.12. The van der Waals surface area contributed by atoms with Crippen LogP contribution in [0.2, 0.25) is 10.0 Å². The summed E-state index contributed by atoms with van der Waals surface area (Å²) in [5, 5.41) is 8.74. The van der Waals surface area contributed by atoms with E-state index in [1.54, 1.807) is 4.72 Å². The molecule has 0 saturated heterocycles. The summed E-state index contributed by atoms with van der Waals surface area (Å²) in [5.74, 6) is -0.463. The third kappa shape index (κ3) is 5.31. The minimum Gasteiger partial charge on any atom is -0.505 e. The highest BCUT2D eigenvalue weighted by molar-refractivity contribution is 7.90. The van der Waals surface area contributed by atoms with Crippen molar-refractivity contribution in [2.45, 2.75) is 6.18 Å². The Kier molecular flexibility index (Phi) is 4.77. The molecule has 11 heteroatoms. The highest BCUT2D eigenvalue weighted by atomic mass is 35.5. The molecule has 0 heterocycles. The van der Waals surface area contributed by atoms with Crippen LogP contribution < -0.4 is 9.44 Å². The number of phenolic OH excluding ortho intramolecular Hbond substituents is 1. The Morgan fingerprint density at radius 2 is 1.68 bits per heavy atom. The zero-order valence-electron chi connectivity index (χ0n) is 8.92. The molecule has 0 saturated carbocycles. The van der Waals surface area contributed by atoms with Crippen LogP contribution in [0.4, 0.5) is 18.9 Å². The van der Waals surface area contributed by atoms with E-state index in [0.717, 1.165) is 12.1 Å². The summed E-state index contributed by atoms with van der Waals surface area (Å²) < 4.78 is 61.3. The molecule has 5 nitrogen and oxygen atoms in total. The number of rotatable bonds is 4. The smallest absolute Gasteiger partial charge is 0.402 e. The molecule has 1 aromatic rings. The van der Waals surface area contributed by atoms with Crippen molar-refractivity contribution >= 4 is 39.1 Å². The van der Waals surface area contributed by atoms with Crippen molar-refractivity contribution in [1.82, 2.24) is 4.72 Å². The van der Waals surface area contributed by atoms with Gasteiger partial charge >= 0.3 is 6.18 Å². The van der Waals surface area contributed by atoms with Crippen LogP contribution in [0.15, 0.2) is 12.1 Å². The third-order valence-corrected chi connectivity index (χ3v) is 3.34. The number of nitrogens with one attached hydrogen (secondary N) is 2. The number of hydrogen-bond acceptors (Lipinski definition) is 3. The summed E-state index contributed by atoms with van der Waals surface area (Å²) in [4.78, 5) is 0. The summed E-state index contributed by atoms with van der Waals surface area (Å²) in [6.45, 7) is -1.72. The molecule has 19 heavy (non-hydrogen) atoms. The number of aromatic hydroxyl groups is 1. The van der Waals surface area contributed by atoms with Gasteiger partial charge in [-0.3, -0.25) is 4.72 Å². The van der Waals surface area contributed by atoms with E-state index < -0.39 is 28.7 Å². The fraction of sp³-hybridized carbons (Fsp3) is 0.250. The molecular weight excluding hydrogens is 332 g/mol. The lowest BCUT2D eigenvalue weighted by Crippen LogP contribution is -2.37. The first-order valence-electron chi connectivity index (χ1n) is 4.52. The fourth-order valence-electron chi connectivity index (χ4n) is 0.993. The van der Waals surface area contributed by atoms with Gasteiger partial charge in [0.25, 0.3) is 10.2 Å². The molecule has 0 unspecified atom stereocenters. The first kappa shape index (κ1) is 16.2. The molecule has 108 valence electrons. The standard InChI is InChI=1S/C8H7Cl2F3N2O3S/c9-5-1-4(2-6(10)7(5)16)15-19(17,18)14-3-8(11,12)13/h1-2,14-16H,3H2. The molecule has 0 aromatic heterocycles. The largest absolute Gasteiger partial charge is 0.505 e. The van der Waals surface area contributed by atoms with Crippen molar-refractivity contribution in [3.05, 3.63) is 22.2 Å². The maximum Gasteiger partial charge on any atom is 0.402 e. The second kappa shape index (κ2) is 5.61. The van der Waals surface area contributed by atoms with E-state index in [-0.39, 0.29) is 15.7 Å². The van der Waals surface area contributed by atoms with Crippen molar-refractivity contribution in [3.8, 4) is 5.75 Å². The Bertz CT molecular complexity index is 554. The van der Waals surface area contributed by atoms with Crippen molar-refractivity contribution in [3.63, 3.8) is 0 Å². The Morgan fingerprint density at radius 1 is 1.21 bits per heavy atom. The number of hydrogen-bond donors (Lipinski definition) is 3. The number of phenols is 1. The summed E-state index contributed by atoms with van der Waals surface area (Å²) in [5.41, 5.74) is -0.192.